The summed E-state index contributed by atoms with van der Waals surface area (Å²) in [6, 6.07) is 13.7. The first kappa shape index (κ1) is 15.1. The van der Waals surface area contributed by atoms with E-state index in [2.05, 4.69) is 19.9 Å². The van der Waals surface area contributed by atoms with E-state index >= 15 is 0 Å². The van der Waals surface area contributed by atoms with Crippen molar-refractivity contribution in [3.8, 4) is 5.88 Å². The van der Waals surface area contributed by atoms with Gasteiger partial charge in [-0.25, -0.2) is 15.0 Å². The normalized spacial score (nSPS) is 15.6. The molecule has 1 aliphatic heterocycles. The molecule has 0 N–H and O–H groups in total. The summed E-state index contributed by atoms with van der Waals surface area (Å²) in [7, 11) is 0. The predicted octanol–water partition coefficient (Wildman–Crippen LogP) is 3.82. The van der Waals surface area contributed by atoms with Crippen molar-refractivity contribution in [2.24, 2.45) is 0 Å². The number of piperidine rings is 1. The zero-order valence-electron chi connectivity index (χ0n) is 14.2. The minimum absolute atomic E-state index is 0.175. The van der Waals surface area contributed by atoms with Gasteiger partial charge >= 0.3 is 0 Å². The average molecular weight is 346 g/mol. The Labute approximate surface area is 150 Å². The molecule has 0 spiro atoms. The lowest BCUT2D eigenvalue weighted by molar-refractivity contribution is 0.164. The Balaban J connectivity index is 1.38. The van der Waals surface area contributed by atoms with Crippen LogP contribution in [0.3, 0.4) is 0 Å². The molecule has 1 saturated heterocycles. The molecule has 0 saturated carbocycles. The van der Waals surface area contributed by atoms with Gasteiger partial charge in [0.15, 0.2) is 11.4 Å². The van der Waals surface area contributed by atoms with Crippen molar-refractivity contribution in [1.82, 2.24) is 15.0 Å². The van der Waals surface area contributed by atoms with Gasteiger partial charge in [-0.05, 0) is 18.2 Å². The first-order valence-electron chi connectivity index (χ1n) is 8.83. The van der Waals surface area contributed by atoms with Gasteiger partial charge in [-0.1, -0.05) is 18.2 Å². The molecule has 0 atom stereocenters. The Morgan fingerprint density at radius 3 is 2.65 bits per heavy atom. The summed E-state index contributed by atoms with van der Waals surface area (Å²) in [5.74, 6) is 1.55. The van der Waals surface area contributed by atoms with Crippen molar-refractivity contribution in [3.63, 3.8) is 0 Å². The number of para-hydroxylation sites is 1. The predicted molar refractivity (Wildman–Crippen MR) is 99.4 cm³/mol. The van der Waals surface area contributed by atoms with Crippen molar-refractivity contribution < 1.29 is 9.15 Å². The van der Waals surface area contributed by atoms with Crippen LogP contribution in [-0.4, -0.2) is 34.1 Å². The number of fused-ring (bicyclic) bond motifs is 3. The third-order valence-electron chi connectivity index (χ3n) is 4.81. The smallest absolute Gasteiger partial charge is 0.213 e. The van der Waals surface area contributed by atoms with Gasteiger partial charge in [0.1, 0.15) is 23.5 Å². The van der Waals surface area contributed by atoms with Crippen molar-refractivity contribution in [2.45, 2.75) is 18.9 Å². The van der Waals surface area contributed by atoms with Gasteiger partial charge in [0.2, 0.25) is 5.88 Å². The topological polar surface area (TPSA) is 64.3 Å². The third kappa shape index (κ3) is 2.63. The van der Waals surface area contributed by atoms with Gasteiger partial charge in [0.25, 0.3) is 0 Å². The van der Waals surface area contributed by atoms with Crippen molar-refractivity contribution in [3.05, 3.63) is 55.0 Å². The van der Waals surface area contributed by atoms with Crippen LogP contribution < -0.4 is 9.64 Å². The summed E-state index contributed by atoms with van der Waals surface area (Å²) >= 11 is 0. The van der Waals surface area contributed by atoms with Crippen LogP contribution in [0, 0.1) is 0 Å². The number of rotatable bonds is 3. The molecule has 0 bridgehead atoms. The number of ether oxygens (including phenoxy) is 1. The van der Waals surface area contributed by atoms with E-state index in [9.17, 15) is 0 Å². The van der Waals surface area contributed by atoms with E-state index in [1.807, 2.05) is 42.5 Å². The molecule has 0 amide bonds. The van der Waals surface area contributed by atoms with Crippen LogP contribution >= 0.6 is 0 Å². The molecular formula is C20H18N4O2. The lowest BCUT2D eigenvalue weighted by atomic mass is 10.1. The SMILES string of the molecule is c1ccc(OC2CCN(c3ncnc4c3oc3ccccc34)CC2)nc1. The Kier molecular flexibility index (Phi) is 3.66. The molecule has 0 aliphatic carbocycles. The van der Waals surface area contributed by atoms with E-state index in [4.69, 9.17) is 9.15 Å². The fourth-order valence-corrected chi connectivity index (χ4v) is 3.51. The third-order valence-corrected chi connectivity index (χ3v) is 4.81. The van der Waals surface area contributed by atoms with E-state index in [-0.39, 0.29) is 6.10 Å². The van der Waals surface area contributed by atoms with E-state index in [1.54, 1.807) is 12.5 Å². The van der Waals surface area contributed by atoms with Crippen LogP contribution in [0.25, 0.3) is 22.1 Å². The second-order valence-electron chi connectivity index (χ2n) is 6.45. The Hall–Kier alpha value is -3.15. The van der Waals surface area contributed by atoms with E-state index < -0.39 is 0 Å². The van der Waals surface area contributed by atoms with Crippen molar-refractivity contribution >= 4 is 27.9 Å². The van der Waals surface area contributed by atoms with Gasteiger partial charge in [0, 0.05) is 43.6 Å². The highest BCUT2D eigenvalue weighted by Gasteiger charge is 2.25. The molecule has 0 radical (unpaired) electrons. The number of hydrogen-bond donors (Lipinski definition) is 0. The van der Waals surface area contributed by atoms with Gasteiger partial charge in [-0.3, -0.25) is 0 Å². The van der Waals surface area contributed by atoms with Crippen LogP contribution in [0.1, 0.15) is 12.8 Å². The minimum atomic E-state index is 0.175. The summed E-state index contributed by atoms with van der Waals surface area (Å²) in [5, 5.41) is 1.03. The first-order chi connectivity index (χ1) is 12.9. The summed E-state index contributed by atoms with van der Waals surface area (Å²) in [4.78, 5) is 15.4. The number of benzene rings is 1. The number of aromatic nitrogens is 3. The summed E-state index contributed by atoms with van der Waals surface area (Å²) in [5.41, 5.74) is 2.48. The van der Waals surface area contributed by atoms with E-state index in [0.29, 0.717) is 5.88 Å². The maximum absolute atomic E-state index is 6.05. The molecule has 6 nitrogen and oxygen atoms in total. The molecule has 130 valence electrons. The average Bonchev–Trinajstić information content (AvgIpc) is 3.08. The maximum Gasteiger partial charge on any atom is 0.213 e. The summed E-state index contributed by atoms with van der Waals surface area (Å²) in [6.45, 7) is 1.72. The second kappa shape index (κ2) is 6.29. The summed E-state index contributed by atoms with van der Waals surface area (Å²) < 4.78 is 12.0. The zero-order valence-corrected chi connectivity index (χ0v) is 14.2. The molecule has 6 heteroatoms. The van der Waals surface area contributed by atoms with Crippen LogP contribution in [-0.2, 0) is 0 Å². The number of pyridine rings is 1. The molecule has 1 aliphatic rings. The van der Waals surface area contributed by atoms with Crippen molar-refractivity contribution in [2.75, 3.05) is 18.0 Å². The highest BCUT2D eigenvalue weighted by molar-refractivity contribution is 6.05. The number of nitrogens with zero attached hydrogens (tertiary/aromatic N) is 4. The van der Waals surface area contributed by atoms with Crippen LogP contribution in [0.2, 0.25) is 0 Å². The highest BCUT2D eigenvalue weighted by atomic mass is 16.5. The van der Waals surface area contributed by atoms with Crippen LogP contribution in [0.4, 0.5) is 5.82 Å². The lowest BCUT2D eigenvalue weighted by Crippen LogP contribution is -2.38. The number of furan rings is 1. The van der Waals surface area contributed by atoms with Gasteiger partial charge in [-0.2, -0.15) is 0 Å². The molecule has 3 aromatic heterocycles. The lowest BCUT2D eigenvalue weighted by Gasteiger charge is -2.32. The molecule has 26 heavy (non-hydrogen) atoms. The minimum Gasteiger partial charge on any atom is -0.474 e. The molecule has 4 aromatic rings. The molecule has 0 unspecified atom stereocenters. The largest absolute Gasteiger partial charge is 0.474 e. The Morgan fingerprint density at radius 2 is 1.81 bits per heavy atom. The Bertz CT molecular complexity index is 1040. The van der Waals surface area contributed by atoms with Gasteiger partial charge < -0.3 is 14.1 Å². The van der Waals surface area contributed by atoms with Crippen LogP contribution in [0.15, 0.2) is 59.4 Å². The molecule has 1 aromatic carbocycles. The Morgan fingerprint density at radius 1 is 0.962 bits per heavy atom. The van der Waals surface area contributed by atoms with Crippen LogP contribution in [0.5, 0.6) is 5.88 Å². The molecular weight excluding hydrogens is 328 g/mol. The van der Waals surface area contributed by atoms with E-state index in [0.717, 1.165) is 53.8 Å². The van der Waals surface area contributed by atoms with E-state index in [1.165, 1.54) is 0 Å². The highest BCUT2D eigenvalue weighted by Crippen LogP contribution is 2.33. The molecule has 1 fully saturated rings. The second-order valence-corrected chi connectivity index (χ2v) is 6.45. The molecule has 5 rings (SSSR count). The summed E-state index contributed by atoms with van der Waals surface area (Å²) in [6.07, 6.45) is 5.39. The monoisotopic (exact) mass is 346 g/mol. The standard InChI is InChI=1S/C20H18N4O2/c1-2-6-16-15(5-1)18-19(26-16)20(23-13-22-18)24-11-8-14(9-12-24)25-17-7-3-4-10-21-17/h1-7,10,13-14H,8-9,11-12H2. The maximum atomic E-state index is 6.05. The number of hydrogen-bond acceptors (Lipinski definition) is 6. The number of anilines is 1. The fourth-order valence-electron chi connectivity index (χ4n) is 3.51. The zero-order chi connectivity index (χ0) is 17.3. The fraction of sp³-hybridized carbons (Fsp3) is 0.250. The van der Waals surface area contributed by atoms with Gasteiger partial charge in [0.05, 0.1) is 0 Å². The van der Waals surface area contributed by atoms with Gasteiger partial charge in [-0.15, -0.1) is 0 Å². The van der Waals surface area contributed by atoms with Crippen molar-refractivity contribution in [1.29, 1.82) is 0 Å². The first-order valence-corrected chi connectivity index (χ1v) is 8.83. The quantitative estimate of drug-likeness (QED) is 0.562. The molecule has 4 heterocycles.